The number of benzene rings is 6. The second kappa shape index (κ2) is 6.20. The third-order valence-corrected chi connectivity index (χ3v) is 5.92. The molecule has 144 valence electrons. The number of furan rings is 1. The van der Waals surface area contributed by atoms with Gasteiger partial charge in [0, 0.05) is 10.8 Å². The first-order valence-corrected chi connectivity index (χ1v) is 10.1. The highest BCUT2D eigenvalue weighted by molar-refractivity contribution is 6.15. The molecule has 1 nitrogen and oxygen atoms in total. The largest absolute Gasteiger partial charge is 0.456 e. The first kappa shape index (κ1) is 11.9. The van der Waals surface area contributed by atoms with Crippen LogP contribution in [0.2, 0.25) is 0 Å². The smallest absolute Gasteiger partial charge is 0.136 e. The molecule has 0 fully saturated rings. The molecule has 0 aliphatic carbocycles. The summed E-state index contributed by atoms with van der Waals surface area (Å²) in [5, 5.41) is 5.48. The molecule has 0 radical (unpaired) electrons. The van der Waals surface area contributed by atoms with Crippen molar-refractivity contribution in [3.8, 4) is 11.1 Å². The minimum absolute atomic E-state index is 0.00262. The summed E-state index contributed by atoms with van der Waals surface area (Å²) in [6.45, 7) is 0. The maximum absolute atomic E-state index is 8.98. The van der Waals surface area contributed by atoms with Gasteiger partial charge in [-0.15, -0.1) is 0 Å². The predicted molar refractivity (Wildman–Crippen MR) is 132 cm³/mol. The Hall–Kier alpha value is -4.10. The van der Waals surface area contributed by atoms with Crippen LogP contribution in [0.4, 0.5) is 0 Å². The molecule has 0 atom stereocenters. The number of hydrogen-bond acceptors (Lipinski definition) is 1. The first-order valence-electron chi connectivity index (χ1n) is 13.1. The monoisotopic (exact) mass is 400 g/mol. The minimum Gasteiger partial charge on any atom is -0.456 e. The van der Waals surface area contributed by atoms with E-state index in [2.05, 4.69) is 30.3 Å². The highest BCUT2D eigenvalue weighted by Crippen LogP contribution is 2.40. The van der Waals surface area contributed by atoms with Crippen LogP contribution in [0, 0.1) is 0 Å². The van der Waals surface area contributed by atoms with Gasteiger partial charge in [-0.05, 0) is 73.7 Å². The molecule has 1 aromatic heterocycles. The molecule has 0 bridgehead atoms. The van der Waals surface area contributed by atoms with E-state index in [4.69, 9.17) is 12.6 Å². The first-order chi connectivity index (χ1) is 17.9. The fraction of sp³-hybridized carbons (Fsp3) is 0. The lowest BCUT2D eigenvalue weighted by Crippen LogP contribution is -1.85. The summed E-state index contributed by atoms with van der Waals surface area (Å²) in [6.07, 6.45) is 0. The van der Waals surface area contributed by atoms with Gasteiger partial charge in [-0.25, -0.2) is 0 Å². The normalized spacial score (nSPS) is 14.6. The van der Waals surface area contributed by atoms with Crippen molar-refractivity contribution in [3.63, 3.8) is 0 Å². The van der Waals surface area contributed by atoms with Gasteiger partial charge in [0.25, 0.3) is 0 Å². The van der Waals surface area contributed by atoms with Crippen LogP contribution in [0.3, 0.4) is 0 Å². The van der Waals surface area contributed by atoms with Crippen LogP contribution in [0.15, 0.2) is 113 Å². The number of rotatable bonds is 1. The summed E-state index contributed by atoms with van der Waals surface area (Å²) in [5.41, 5.74) is 2.64. The van der Waals surface area contributed by atoms with Crippen molar-refractivity contribution in [1.82, 2.24) is 0 Å². The number of hydrogen-bond donors (Lipinski definition) is 0. The van der Waals surface area contributed by atoms with Gasteiger partial charge >= 0.3 is 0 Å². The molecule has 6 aromatic carbocycles. The molecule has 1 heteroatoms. The van der Waals surface area contributed by atoms with E-state index in [0.29, 0.717) is 16.4 Å². The molecule has 1 heterocycles. The Bertz CT molecular complexity index is 2050. The van der Waals surface area contributed by atoms with Crippen molar-refractivity contribution in [3.05, 3.63) is 109 Å². The molecule has 0 amide bonds. The van der Waals surface area contributed by atoms with Gasteiger partial charge in [0.15, 0.2) is 0 Å². The molecule has 0 saturated heterocycles. The van der Waals surface area contributed by atoms with Crippen LogP contribution in [-0.4, -0.2) is 0 Å². The van der Waals surface area contributed by atoms with Gasteiger partial charge in [0.2, 0.25) is 0 Å². The molecule has 7 rings (SSSR count). The molecule has 0 N–H and O–H groups in total. The standard InChI is InChI=1S/C30H18O/c1-2-8-20-18-29-27(16-19(20)7-1)26-17-23(13-14-28(26)31-29)30-24-11-5-3-9-21(24)15-22-10-4-6-12-25(22)30/h1-18H/i1D,2D,7D,8D,16D,18D. The minimum atomic E-state index is -0.425. The molecular formula is C30H18O. The Morgan fingerprint density at radius 3 is 1.97 bits per heavy atom. The quantitative estimate of drug-likeness (QED) is 0.251. The zero-order valence-electron chi connectivity index (χ0n) is 22.3. The Balaban J connectivity index is 1.64. The van der Waals surface area contributed by atoms with Gasteiger partial charge in [0.05, 0.1) is 8.22 Å². The molecule has 0 spiro atoms. The van der Waals surface area contributed by atoms with Crippen molar-refractivity contribution in [2.75, 3.05) is 0 Å². The fourth-order valence-corrected chi connectivity index (χ4v) is 4.53. The van der Waals surface area contributed by atoms with Gasteiger partial charge < -0.3 is 4.42 Å². The van der Waals surface area contributed by atoms with E-state index < -0.39 is 12.1 Å². The molecule has 0 unspecified atom stereocenters. The van der Waals surface area contributed by atoms with E-state index in [1.54, 1.807) is 0 Å². The lowest BCUT2D eigenvalue weighted by atomic mass is 9.91. The van der Waals surface area contributed by atoms with Crippen molar-refractivity contribution in [1.29, 1.82) is 0 Å². The summed E-state index contributed by atoms with van der Waals surface area (Å²) >= 11 is 0. The second-order valence-corrected chi connectivity index (χ2v) is 7.71. The lowest BCUT2D eigenvalue weighted by molar-refractivity contribution is 0.669. The van der Waals surface area contributed by atoms with Crippen molar-refractivity contribution >= 4 is 54.3 Å². The molecule has 0 saturated carbocycles. The Morgan fingerprint density at radius 2 is 1.23 bits per heavy atom. The molecule has 0 aliphatic heterocycles. The lowest BCUT2D eigenvalue weighted by Gasteiger charge is -2.12. The van der Waals surface area contributed by atoms with Crippen LogP contribution < -0.4 is 0 Å². The van der Waals surface area contributed by atoms with Crippen LogP contribution in [0.1, 0.15) is 8.22 Å². The van der Waals surface area contributed by atoms with E-state index in [1.807, 2.05) is 42.5 Å². The van der Waals surface area contributed by atoms with E-state index in [1.165, 1.54) is 0 Å². The maximum Gasteiger partial charge on any atom is 0.136 e. The van der Waals surface area contributed by atoms with Gasteiger partial charge in [-0.3, -0.25) is 0 Å². The van der Waals surface area contributed by atoms with Gasteiger partial charge in [0.1, 0.15) is 11.2 Å². The number of fused-ring (bicyclic) bond motifs is 6. The van der Waals surface area contributed by atoms with E-state index >= 15 is 0 Å². The highest BCUT2D eigenvalue weighted by atomic mass is 16.3. The molecule has 31 heavy (non-hydrogen) atoms. The predicted octanol–water partition coefficient (Wildman–Crippen LogP) is 8.71. The Labute approximate surface area is 187 Å². The SMILES string of the molecule is [2H]c1c([2H])c([2H])c2c([2H])c3c(oc4ccc(-c5c6ccccc6cc6ccccc56)cc43)c([2H])c2c1[2H]. The molecular weight excluding hydrogens is 376 g/mol. The highest BCUT2D eigenvalue weighted by Gasteiger charge is 2.13. The van der Waals surface area contributed by atoms with Crippen LogP contribution in [0.25, 0.3) is 65.4 Å². The third-order valence-electron chi connectivity index (χ3n) is 5.92. The average molecular weight is 401 g/mol. The van der Waals surface area contributed by atoms with Crippen LogP contribution >= 0.6 is 0 Å². The van der Waals surface area contributed by atoms with Gasteiger partial charge in [-0.2, -0.15) is 0 Å². The molecule has 7 aromatic rings. The zero-order chi connectivity index (χ0) is 25.6. The fourth-order valence-electron chi connectivity index (χ4n) is 4.53. The van der Waals surface area contributed by atoms with Crippen molar-refractivity contribution < 1.29 is 12.6 Å². The summed E-state index contributed by atoms with van der Waals surface area (Å²) in [4.78, 5) is 0. The maximum atomic E-state index is 8.98. The third kappa shape index (κ3) is 2.44. The summed E-state index contributed by atoms with van der Waals surface area (Å²) in [7, 11) is 0. The van der Waals surface area contributed by atoms with Crippen molar-refractivity contribution in [2.45, 2.75) is 0 Å². The van der Waals surface area contributed by atoms with Crippen LogP contribution in [-0.2, 0) is 0 Å². The van der Waals surface area contributed by atoms with Crippen molar-refractivity contribution in [2.24, 2.45) is 0 Å². The topological polar surface area (TPSA) is 13.1 Å². The van der Waals surface area contributed by atoms with Crippen LogP contribution in [0.5, 0.6) is 0 Å². The summed E-state index contributed by atoms with van der Waals surface area (Å²) < 4.78 is 56.7. The Kier molecular flexibility index (Phi) is 2.38. The second-order valence-electron chi connectivity index (χ2n) is 7.71. The van der Waals surface area contributed by atoms with E-state index in [0.717, 1.165) is 32.7 Å². The van der Waals surface area contributed by atoms with Gasteiger partial charge in [-0.1, -0.05) is 78.8 Å². The van der Waals surface area contributed by atoms with E-state index in [-0.39, 0.29) is 40.5 Å². The molecule has 0 aliphatic rings. The zero-order valence-corrected chi connectivity index (χ0v) is 16.3. The summed E-state index contributed by atoms with van der Waals surface area (Å²) in [6, 6.07) is 22.7. The van der Waals surface area contributed by atoms with E-state index in [9.17, 15) is 0 Å². The Morgan fingerprint density at radius 1 is 0.548 bits per heavy atom. The summed E-state index contributed by atoms with van der Waals surface area (Å²) in [5.74, 6) is 0. The average Bonchev–Trinajstić information content (AvgIpc) is 3.30.